The fourth-order valence-electron chi connectivity index (χ4n) is 6.87. The van der Waals surface area contributed by atoms with Crippen molar-refractivity contribution in [3.05, 3.63) is 144 Å². The van der Waals surface area contributed by atoms with Crippen LogP contribution in [0.25, 0.3) is 0 Å². The van der Waals surface area contributed by atoms with E-state index in [4.69, 9.17) is 4.43 Å². The molecule has 1 atom stereocenters. The topological polar surface area (TPSA) is 77.5 Å². The van der Waals surface area contributed by atoms with Gasteiger partial charge in [0.05, 0.1) is 9.79 Å². The van der Waals surface area contributed by atoms with Crippen LogP contribution in [-0.4, -0.2) is 35.8 Å². The lowest BCUT2D eigenvalue weighted by Crippen LogP contribution is -2.66. The second-order valence-electron chi connectivity index (χ2n) is 13.0. The maximum atomic E-state index is 14.5. The van der Waals surface area contributed by atoms with Gasteiger partial charge < -0.3 is 4.43 Å². The normalized spacial score (nSPS) is 18.1. The number of allylic oxidation sites excluding steroid dienone is 2. The van der Waals surface area contributed by atoms with Crippen LogP contribution >= 0.6 is 15.9 Å². The third kappa shape index (κ3) is 6.29. The van der Waals surface area contributed by atoms with Crippen molar-refractivity contribution in [2.75, 3.05) is 6.61 Å². The summed E-state index contributed by atoms with van der Waals surface area (Å²) in [4.78, 5) is -0.0376. The van der Waals surface area contributed by atoms with Gasteiger partial charge in [0.25, 0.3) is 8.32 Å². The average molecular weight is 750 g/mol. The highest BCUT2D eigenvalue weighted by molar-refractivity contribution is 9.11. The second-order valence-corrected chi connectivity index (χ2v) is 23.0. The van der Waals surface area contributed by atoms with Crippen LogP contribution in [0.2, 0.25) is 5.04 Å². The number of rotatable bonds is 11. The van der Waals surface area contributed by atoms with Crippen LogP contribution in [0.3, 0.4) is 0 Å². The maximum absolute atomic E-state index is 14.5. The minimum Gasteiger partial charge on any atom is -0.407 e. The summed E-state index contributed by atoms with van der Waals surface area (Å²) in [7, 11) is -11.5. The third-order valence-corrected chi connectivity index (χ3v) is 20.8. The molecule has 0 spiro atoms. The molecule has 4 aromatic carbocycles. The Morgan fingerprint density at radius 2 is 1.19 bits per heavy atom. The molecule has 1 saturated carbocycles. The molecule has 1 aliphatic carbocycles. The van der Waals surface area contributed by atoms with E-state index < -0.39 is 38.0 Å². The van der Waals surface area contributed by atoms with Gasteiger partial charge in [0.15, 0.2) is 23.8 Å². The first kappa shape index (κ1) is 35.2. The first-order chi connectivity index (χ1) is 22.3. The van der Waals surface area contributed by atoms with Gasteiger partial charge in [-0.25, -0.2) is 16.8 Å². The Balaban J connectivity index is 1.57. The van der Waals surface area contributed by atoms with E-state index in [9.17, 15) is 16.8 Å². The summed E-state index contributed by atoms with van der Waals surface area (Å²) in [6.07, 6.45) is 1.79. The van der Waals surface area contributed by atoms with Crippen LogP contribution in [0, 0.1) is 5.92 Å². The van der Waals surface area contributed by atoms with E-state index in [-0.39, 0.29) is 27.7 Å². The third-order valence-electron chi connectivity index (χ3n) is 9.21. The lowest BCUT2D eigenvalue weighted by molar-refractivity contribution is 0.303. The molecule has 47 heavy (non-hydrogen) atoms. The van der Waals surface area contributed by atoms with Gasteiger partial charge in [-0.15, -0.1) is 6.58 Å². The Bertz CT molecular complexity index is 1830. The minimum absolute atomic E-state index is 0.0188. The van der Waals surface area contributed by atoms with E-state index >= 15 is 0 Å². The zero-order valence-corrected chi connectivity index (χ0v) is 31.2. The lowest BCUT2D eigenvalue weighted by Gasteiger charge is -2.43. The monoisotopic (exact) mass is 748 g/mol. The minimum atomic E-state index is -4.37. The van der Waals surface area contributed by atoms with Crippen molar-refractivity contribution in [1.82, 2.24) is 0 Å². The molecule has 9 heteroatoms. The van der Waals surface area contributed by atoms with Crippen LogP contribution in [0.15, 0.2) is 154 Å². The summed E-state index contributed by atoms with van der Waals surface area (Å²) >= 11 is 3.79. The van der Waals surface area contributed by atoms with Crippen molar-refractivity contribution in [1.29, 1.82) is 0 Å². The summed E-state index contributed by atoms with van der Waals surface area (Å²) in [6, 6.07) is 36.5. The first-order valence-electron chi connectivity index (χ1n) is 15.7. The van der Waals surface area contributed by atoms with E-state index in [1.54, 1.807) is 42.5 Å². The SMILES string of the molecule is C=CC1CC(S(=O)(=O)c2ccccc2)(S(=O)(=O)c2ccccc2)C/C1=C(/Br)CCO[Si](c1ccccc1)(c1ccccc1)C(C)(C)C. The molecule has 0 N–H and O–H groups in total. The molecule has 4 aromatic rings. The smallest absolute Gasteiger partial charge is 0.261 e. The van der Waals surface area contributed by atoms with E-state index in [2.05, 4.69) is 67.5 Å². The van der Waals surface area contributed by atoms with Crippen LogP contribution in [0.4, 0.5) is 0 Å². The molecule has 5 rings (SSSR count). The maximum Gasteiger partial charge on any atom is 0.261 e. The molecule has 5 nitrogen and oxygen atoms in total. The molecule has 1 unspecified atom stereocenters. The summed E-state index contributed by atoms with van der Waals surface area (Å²) in [5.74, 6) is -0.478. The summed E-state index contributed by atoms with van der Waals surface area (Å²) in [6.45, 7) is 11.0. The Labute approximate surface area is 289 Å². The summed E-state index contributed by atoms with van der Waals surface area (Å²) < 4.78 is 63.8. The molecular weight excluding hydrogens is 709 g/mol. The highest BCUT2D eigenvalue weighted by atomic mass is 79.9. The predicted octanol–water partition coefficient (Wildman–Crippen LogP) is 7.84. The summed E-state index contributed by atoms with van der Waals surface area (Å²) in [5, 5.41) is 2.11. The van der Waals surface area contributed by atoms with E-state index in [1.807, 2.05) is 36.4 Å². The quantitative estimate of drug-likeness (QED) is 0.115. The van der Waals surface area contributed by atoms with Crippen molar-refractivity contribution in [2.45, 2.75) is 58.9 Å². The van der Waals surface area contributed by atoms with E-state index in [1.165, 1.54) is 24.3 Å². The molecule has 0 heterocycles. The van der Waals surface area contributed by atoms with Gasteiger partial charge in [-0.05, 0) is 50.6 Å². The largest absolute Gasteiger partial charge is 0.407 e. The van der Waals surface area contributed by atoms with Gasteiger partial charge in [-0.2, -0.15) is 0 Å². The zero-order chi connectivity index (χ0) is 33.9. The Kier molecular flexibility index (Phi) is 10.3. The Morgan fingerprint density at radius 1 is 0.787 bits per heavy atom. The second kappa shape index (κ2) is 13.8. The zero-order valence-electron chi connectivity index (χ0n) is 27.0. The van der Waals surface area contributed by atoms with Crippen molar-refractivity contribution < 1.29 is 21.3 Å². The first-order valence-corrected chi connectivity index (χ1v) is 21.3. The molecule has 0 aromatic heterocycles. The van der Waals surface area contributed by atoms with Gasteiger partial charge in [0.2, 0.25) is 0 Å². The van der Waals surface area contributed by atoms with Crippen molar-refractivity contribution in [2.24, 2.45) is 5.92 Å². The van der Waals surface area contributed by atoms with Crippen molar-refractivity contribution in [3.8, 4) is 0 Å². The number of benzene rings is 4. The van der Waals surface area contributed by atoms with Crippen LogP contribution in [0.5, 0.6) is 0 Å². The van der Waals surface area contributed by atoms with Gasteiger partial charge in [0.1, 0.15) is 0 Å². The molecular formula is C38H41BrO5S2Si. The molecule has 1 aliphatic rings. The van der Waals surface area contributed by atoms with Gasteiger partial charge >= 0.3 is 0 Å². The molecule has 0 saturated heterocycles. The van der Waals surface area contributed by atoms with Gasteiger partial charge in [-0.1, -0.05) is 145 Å². The van der Waals surface area contributed by atoms with Crippen LogP contribution in [-0.2, 0) is 24.1 Å². The highest BCUT2D eigenvalue weighted by Crippen LogP contribution is 2.53. The molecule has 0 aliphatic heterocycles. The van der Waals surface area contributed by atoms with Gasteiger partial charge in [0, 0.05) is 25.4 Å². The fraction of sp³-hybridized carbons (Fsp3) is 0.263. The van der Waals surface area contributed by atoms with Gasteiger partial charge in [-0.3, -0.25) is 0 Å². The number of hydrogen-bond donors (Lipinski definition) is 0. The van der Waals surface area contributed by atoms with Crippen LogP contribution < -0.4 is 10.4 Å². The number of sulfone groups is 2. The fourth-order valence-corrected chi connectivity index (χ4v) is 17.1. The molecule has 0 bridgehead atoms. The number of hydrogen-bond acceptors (Lipinski definition) is 5. The summed E-state index contributed by atoms with van der Waals surface area (Å²) in [5.41, 5.74) is 0.713. The molecule has 0 radical (unpaired) electrons. The number of halogens is 1. The van der Waals surface area contributed by atoms with Crippen LogP contribution in [0.1, 0.15) is 40.0 Å². The lowest BCUT2D eigenvalue weighted by atomic mass is 10.0. The van der Waals surface area contributed by atoms with E-state index in [0.29, 0.717) is 18.6 Å². The molecule has 0 amide bonds. The predicted molar refractivity (Wildman–Crippen MR) is 197 cm³/mol. The van der Waals surface area contributed by atoms with Crippen molar-refractivity contribution in [3.63, 3.8) is 0 Å². The van der Waals surface area contributed by atoms with Crippen molar-refractivity contribution >= 4 is 54.3 Å². The Hall–Kier alpha value is -3.08. The average Bonchev–Trinajstić information content (AvgIpc) is 3.51. The standard InChI is InChI=1S/C38H41BrO5S2Si/c1-5-30-28-38(45(40,41)31-18-10-6-11-19-31,46(42,43)32-20-12-7-13-21-32)29-35(30)36(39)26-27-44-47(37(2,3)4,33-22-14-8-15-23-33)34-24-16-9-17-25-34/h5-25,30H,1,26-29H2,2-4H3/b36-35-. The van der Waals surface area contributed by atoms with E-state index in [0.717, 1.165) is 14.9 Å². The molecule has 1 fully saturated rings. The molecule has 246 valence electrons. The Morgan fingerprint density at radius 3 is 1.57 bits per heavy atom. The highest BCUT2D eigenvalue weighted by Gasteiger charge is 2.61.